The molecule has 0 saturated carbocycles. The Balaban J connectivity index is 4.34. The van der Waals surface area contributed by atoms with E-state index in [4.69, 9.17) is 9.47 Å². The Hall–Kier alpha value is -0.740. The van der Waals surface area contributed by atoms with Gasteiger partial charge in [0.15, 0.2) is 0 Å². The summed E-state index contributed by atoms with van der Waals surface area (Å²) < 4.78 is 9.93. The molecule has 0 aromatic carbocycles. The Kier molecular flexibility index (Phi) is 5.99. The summed E-state index contributed by atoms with van der Waals surface area (Å²) in [6.45, 7) is 9.42. The molecule has 0 aromatic heterocycles. The van der Waals surface area contributed by atoms with Crippen molar-refractivity contribution in [1.82, 2.24) is 0 Å². The summed E-state index contributed by atoms with van der Waals surface area (Å²) in [5.74, 6) is -0.129. The summed E-state index contributed by atoms with van der Waals surface area (Å²) >= 11 is 0. The van der Waals surface area contributed by atoms with Crippen molar-refractivity contribution in [2.45, 2.75) is 41.0 Å². The minimum absolute atomic E-state index is 0.0349. The first-order chi connectivity index (χ1) is 7.61. The van der Waals surface area contributed by atoms with Crippen LogP contribution in [0, 0.1) is 10.8 Å². The third-order valence-corrected chi connectivity index (χ3v) is 2.58. The Morgan fingerprint density at radius 3 is 1.94 bits per heavy atom. The molecule has 0 aromatic rings. The summed E-state index contributed by atoms with van der Waals surface area (Å²) in [5, 5.41) is 0. The molecule has 0 aliphatic carbocycles. The normalized spacial score (nSPS) is 12.6. The van der Waals surface area contributed by atoms with Crippen LogP contribution in [0.25, 0.3) is 0 Å². The first-order valence-electron chi connectivity index (χ1n) is 5.74. The highest BCUT2D eigenvalue weighted by Crippen LogP contribution is 2.23. The van der Waals surface area contributed by atoms with Crippen LogP contribution < -0.4 is 0 Å². The lowest BCUT2D eigenvalue weighted by atomic mass is 9.81. The highest BCUT2D eigenvalue weighted by atomic mass is 16.7. The molecule has 0 rings (SSSR count). The fraction of sp³-hybridized carbons (Fsp3) is 0.846. The smallest absolute Gasteiger partial charge is 0.148 e. The average molecular weight is 244 g/mol. The highest BCUT2D eigenvalue weighted by molar-refractivity contribution is 6.03. The summed E-state index contributed by atoms with van der Waals surface area (Å²) in [5.41, 5.74) is -1.13. The fourth-order valence-electron chi connectivity index (χ4n) is 1.11. The van der Waals surface area contributed by atoms with Crippen LogP contribution in [0.4, 0.5) is 0 Å². The molecule has 17 heavy (non-hydrogen) atoms. The number of carbonyl (C=O) groups excluding carboxylic acids is 2. The van der Waals surface area contributed by atoms with Crippen molar-refractivity contribution in [3.8, 4) is 0 Å². The van der Waals surface area contributed by atoms with Gasteiger partial charge in [-0.05, 0) is 0 Å². The highest BCUT2D eigenvalue weighted by Gasteiger charge is 2.32. The maximum absolute atomic E-state index is 12.0. The van der Waals surface area contributed by atoms with Gasteiger partial charge in [-0.2, -0.15) is 0 Å². The van der Waals surface area contributed by atoms with Crippen LogP contribution in [0.1, 0.15) is 41.0 Å². The van der Waals surface area contributed by atoms with Crippen molar-refractivity contribution in [2.24, 2.45) is 10.8 Å². The molecule has 0 bridgehead atoms. The van der Waals surface area contributed by atoms with Crippen molar-refractivity contribution >= 4 is 11.6 Å². The van der Waals surface area contributed by atoms with E-state index in [0.717, 1.165) is 0 Å². The largest absolute Gasteiger partial charge is 0.359 e. The summed E-state index contributed by atoms with van der Waals surface area (Å²) in [6, 6.07) is 0. The summed E-state index contributed by atoms with van der Waals surface area (Å²) in [6.07, 6.45) is -0.0349. The number of methoxy groups -OCH3 is 1. The van der Waals surface area contributed by atoms with E-state index >= 15 is 0 Å². The SMILES string of the molecule is COCOCC(C)(C)C(=O)CC(=O)C(C)(C)C. The van der Waals surface area contributed by atoms with Crippen molar-refractivity contribution in [3.05, 3.63) is 0 Å². The Labute approximate surface area is 104 Å². The molecule has 0 aliphatic heterocycles. The zero-order valence-electron chi connectivity index (χ0n) is 11.8. The van der Waals surface area contributed by atoms with E-state index in [1.807, 2.05) is 20.8 Å². The van der Waals surface area contributed by atoms with Gasteiger partial charge in [-0.25, -0.2) is 0 Å². The second kappa shape index (κ2) is 6.26. The van der Waals surface area contributed by atoms with Gasteiger partial charge in [0.25, 0.3) is 0 Å². The first-order valence-corrected chi connectivity index (χ1v) is 5.74. The van der Waals surface area contributed by atoms with Gasteiger partial charge in [0.1, 0.15) is 18.4 Å². The van der Waals surface area contributed by atoms with Gasteiger partial charge in [0, 0.05) is 17.9 Å². The lowest BCUT2D eigenvalue weighted by Crippen LogP contribution is -2.34. The lowest BCUT2D eigenvalue weighted by Gasteiger charge is -2.24. The lowest BCUT2D eigenvalue weighted by molar-refractivity contribution is -0.139. The molecular weight excluding hydrogens is 220 g/mol. The minimum Gasteiger partial charge on any atom is -0.359 e. The predicted molar refractivity (Wildman–Crippen MR) is 65.7 cm³/mol. The average Bonchev–Trinajstić information content (AvgIpc) is 2.16. The number of Topliss-reactive ketones (excluding diaryl/α,β-unsaturated/α-hetero) is 2. The monoisotopic (exact) mass is 244 g/mol. The molecule has 0 spiro atoms. The third-order valence-electron chi connectivity index (χ3n) is 2.58. The number of hydrogen-bond acceptors (Lipinski definition) is 4. The standard InChI is InChI=1S/C13H24O4/c1-12(2,3)10(14)7-11(15)13(4,5)8-17-9-16-6/h7-9H2,1-6H3. The zero-order valence-corrected chi connectivity index (χ0v) is 11.8. The molecule has 0 aliphatic rings. The molecule has 0 atom stereocenters. The molecule has 0 amide bonds. The molecule has 4 nitrogen and oxygen atoms in total. The van der Waals surface area contributed by atoms with E-state index in [1.165, 1.54) is 7.11 Å². The van der Waals surface area contributed by atoms with Gasteiger partial charge in [-0.15, -0.1) is 0 Å². The van der Waals surface area contributed by atoms with Crippen molar-refractivity contribution in [3.63, 3.8) is 0 Å². The third kappa shape index (κ3) is 5.94. The van der Waals surface area contributed by atoms with Gasteiger partial charge in [0.05, 0.1) is 13.0 Å². The Morgan fingerprint density at radius 2 is 1.53 bits per heavy atom. The van der Waals surface area contributed by atoms with Crippen LogP contribution in [-0.4, -0.2) is 32.1 Å². The van der Waals surface area contributed by atoms with Gasteiger partial charge < -0.3 is 9.47 Å². The maximum Gasteiger partial charge on any atom is 0.148 e. The number of ketones is 2. The molecular formula is C13H24O4. The molecule has 0 radical (unpaired) electrons. The van der Waals surface area contributed by atoms with Crippen LogP contribution in [-0.2, 0) is 19.1 Å². The van der Waals surface area contributed by atoms with E-state index < -0.39 is 10.8 Å². The topological polar surface area (TPSA) is 52.6 Å². The molecule has 100 valence electrons. The minimum atomic E-state index is -0.653. The Bertz CT molecular complexity index is 274. The molecule has 0 unspecified atom stereocenters. The molecule has 0 N–H and O–H groups in total. The number of rotatable bonds is 7. The molecule has 0 saturated heterocycles. The van der Waals surface area contributed by atoms with Gasteiger partial charge in [0.2, 0.25) is 0 Å². The summed E-state index contributed by atoms with van der Waals surface area (Å²) in [7, 11) is 1.53. The van der Waals surface area contributed by atoms with E-state index in [1.54, 1.807) is 13.8 Å². The molecule has 0 heterocycles. The van der Waals surface area contributed by atoms with E-state index in [9.17, 15) is 9.59 Å². The second-order valence-electron chi connectivity index (χ2n) is 5.91. The number of ether oxygens (including phenoxy) is 2. The van der Waals surface area contributed by atoms with Gasteiger partial charge in [-0.3, -0.25) is 9.59 Å². The van der Waals surface area contributed by atoms with Crippen LogP contribution in [0.3, 0.4) is 0 Å². The fourth-order valence-corrected chi connectivity index (χ4v) is 1.11. The molecule has 0 fully saturated rings. The summed E-state index contributed by atoms with van der Waals surface area (Å²) in [4.78, 5) is 23.7. The predicted octanol–water partition coefficient (Wildman–Crippen LogP) is 2.21. The Morgan fingerprint density at radius 1 is 1.00 bits per heavy atom. The second-order valence-corrected chi connectivity index (χ2v) is 5.91. The van der Waals surface area contributed by atoms with Gasteiger partial charge in [-0.1, -0.05) is 34.6 Å². The zero-order chi connectivity index (χ0) is 13.7. The van der Waals surface area contributed by atoms with Crippen LogP contribution in [0.2, 0.25) is 0 Å². The first kappa shape index (κ1) is 16.3. The molecule has 4 heteroatoms. The van der Waals surface area contributed by atoms with Crippen molar-refractivity contribution in [1.29, 1.82) is 0 Å². The van der Waals surface area contributed by atoms with Crippen molar-refractivity contribution in [2.75, 3.05) is 20.5 Å². The maximum atomic E-state index is 12.0. The van der Waals surface area contributed by atoms with E-state index in [-0.39, 0.29) is 31.4 Å². The quantitative estimate of drug-likeness (QED) is 0.391. The van der Waals surface area contributed by atoms with Crippen LogP contribution in [0.15, 0.2) is 0 Å². The van der Waals surface area contributed by atoms with E-state index in [0.29, 0.717) is 0 Å². The number of hydrogen-bond donors (Lipinski definition) is 0. The van der Waals surface area contributed by atoms with Crippen LogP contribution in [0.5, 0.6) is 0 Å². The van der Waals surface area contributed by atoms with E-state index in [2.05, 4.69) is 0 Å². The van der Waals surface area contributed by atoms with Crippen molar-refractivity contribution < 1.29 is 19.1 Å². The van der Waals surface area contributed by atoms with Gasteiger partial charge >= 0.3 is 0 Å². The van der Waals surface area contributed by atoms with Crippen LogP contribution >= 0.6 is 0 Å². The number of carbonyl (C=O) groups is 2.